The van der Waals surface area contributed by atoms with E-state index in [0.717, 1.165) is 36.6 Å². The highest BCUT2D eigenvalue weighted by Crippen LogP contribution is 2.20. The molecular formula is C21H24N4S. The van der Waals surface area contributed by atoms with Gasteiger partial charge in [-0.3, -0.25) is 4.68 Å². The first kappa shape index (κ1) is 18.1. The smallest absolute Gasteiger partial charge is 0.170 e. The van der Waals surface area contributed by atoms with Gasteiger partial charge in [-0.05, 0) is 43.6 Å². The Hall–Kier alpha value is -2.66. The minimum absolute atomic E-state index is 0.631. The summed E-state index contributed by atoms with van der Waals surface area (Å²) < 4.78 is 2.01. The Morgan fingerprint density at radius 1 is 0.962 bits per heavy atom. The maximum atomic E-state index is 5.45. The average Bonchev–Trinajstić information content (AvgIpc) is 2.91. The summed E-state index contributed by atoms with van der Waals surface area (Å²) in [5, 5.41) is 11.9. The Morgan fingerprint density at radius 3 is 2.23 bits per heavy atom. The Kier molecular flexibility index (Phi) is 6.02. The molecule has 0 unspecified atom stereocenters. The molecule has 0 aliphatic rings. The molecule has 0 saturated heterocycles. The summed E-state index contributed by atoms with van der Waals surface area (Å²) in [6.45, 7) is 5.62. The molecule has 26 heavy (non-hydrogen) atoms. The summed E-state index contributed by atoms with van der Waals surface area (Å²) in [6.07, 6.45) is 0.938. The number of rotatable bonds is 6. The number of nitrogens with zero attached hydrogens (tertiary/aromatic N) is 2. The SMILES string of the molecule is Cc1nn(Cc2ccccc2)c(C)c1NC(=S)NCCc1ccccc1. The van der Waals surface area contributed by atoms with Crippen LogP contribution in [0.2, 0.25) is 0 Å². The standard InChI is InChI=1S/C21H24N4S/c1-16-20(17(2)25(24-16)15-19-11-7-4-8-12-19)23-21(26)22-14-13-18-9-5-3-6-10-18/h3-12H,13-15H2,1-2H3,(H2,22,23,26). The van der Waals surface area contributed by atoms with Gasteiger partial charge in [-0.1, -0.05) is 60.7 Å². The van der Waals surface area contributed by atoms with E-state index in [1.165, 1.54) is 11.1 Å². The molecular weight excluding hydrogens is 340 g/mol. The van der Waals surface area contributed by atoms with E-state index in [-0.39, 0.29) is 0 Å². The molecule has 2 aromatic carbocycles. The van der Waals surface area contributed by atoms with E-state index in [2.05, 4.69) is 59.1 Å². The second kappa shape index (κ2) is 8.63. The molecule has 2 N–H and O–H groups in total. The lowest BCUT2D eigenvalue weighted by atomic mass is 10.1. The van der Waals surface area contributed by atoms with Gasteiger partial charge in [-0.2, -0.15) is 5.10 Å². The lowest BCUT2D eigenvalue weighted by molar-refractivity contribution is 0.659. The quantitative estimate of drug-likeness (QED) is 0.647. The Balaban J connectivity index is 1.58. The largest absolute Gasteiger partial charge is 0.362 e. The number of anilines is 1. The molecule has 0 spiro atoms. The van der Waals surface area contributed by atoms with E-state index < -0.39 is 0 Å². The fourth-order valence-electron chi connectivity index (χ4n) is 2.91. The van der Waals surface area contributed by atoms with Crippen LogP contribution in [0.4, 0.5) is 5.69 Å². The topological polar surface area (TPSA) is 41.9 Å². The van der Waals surface area contributed by atoms with Crippen LogP contribution in [0.5, 0.6) is 0 Å². The van der Waals surface area contributed by atoms with E-state index in [4.69, 9.17) is 12.2 Å². The van der Waals surface area contributed by atoms with E-state index >= 15 is 0 Å². The number of hydrogen-bond acceptors (Lipinski definition) is 2. The van der Waals surface area contributed by atoms with Crippen molar-refractivity contribution in [2.45, 2.75) is 26.8 Å². The van der Waals surface area contributed by atoms with E-state index in [0.29, 0.717) is 5.11 Å². The molecule has 0 aliphatic heterocycles. The van der Waals surface area contributed by atoms with Gasteiger partial charge in [0.1, 0.15) is 0 Å². The van der Waals surface area contributed by atoms with Crippen molar-refractivity contribution in [1.82, 2.24) is 15.1 Å². The molecule has 5 heteroatoms. The zero-order valence-corrected chi connectivity index (χ0v) is 16.0. The molecule has 134 valence electrons. The third-order valence-electron chi connectivity index (χ3n) is 4.34. The molecule has 0 radical (unpaired) electrons. The van der Waals surface area contributed by atoms with Crippen LogP contribution in [-0.2, 0) is 13.0 Å². The highest BCUT2D eigenvalue weighted by atomic mass is 32.1. The summed E-state index contributed by atoms with van der Waals surface area (Å²) >= 11 is 5.45. The Morgan fingerprint density at radius 2 is 1.58 bits per heavy atom. The van der Waals surface area contributed by atoms with Gasteiger partial charge < -0.3 is 10.6 Å². The number of nitrogens with one attached hydrogen (secondary N) is 2. The van der Waals surface area contributed by atoms with Gasteiger partial charge in [0.25, 0.3) is 0 Å². The third kappa shape index (κ3) is 4.70. The lowest BCUT2D eigenvalue weighted by Gasteiger charge is -2.11. The summed E-state index contributed by atoms with van der Waals surface area (Å²) in [7, 11) is 0. The maximum Gasteiger partial charge on any atom is 0.170 e. The van der Waals surface area contributed by atoms with Crippen LogP contribution in [0, 0.1) is 13.8 Å². The second-order valence-electron chi connectivity index (χ2n) is 6.31. The first-order valence-electron chi connectivity index (χ1n) is 8.80. The number of hydrogen-bond donors (Lipinski definition) is 2. The van der Waals surface area contributed by atoms with Gasteiger partial charge in [-0.15, -0.1) is 0 Å². The molecule has 0 atom stereocenters. The Labute approximate surface area is 160 Å². The van der Waals surface area contributed by atoms with Crippen LogP contribution >= 0.6 is 12.2 Å². The first-order chi connectivity index (χ1) is 12.6. The first-order valence-corrected chi connectivity index (χ1v) is 9.21. The van der Waals surface area contributed by atoms with E-state index in [9.17, 15) is 0 Å². The van der Waals surface area contributed by atoms with Crippen molar-refractivity contribution in [3.05, 3.63) is 83.2 Å². The van der Waals surface area contributed by atoms with Crippen LogP contribution in [0.3, 0.4) is 0 Å². The molecule has 3 rings (SSSR count). The number of aryl methyl sites for hydroxylation is 1. The number of benzene rings is 2. The van der Waals surface area contributed by atoms with Gasteiger partial charge in [0.05, 0.1) is 23.6 Å². The van der Waals surface area contributed by atoms with Gasteiger partial charge in [0.15, 0.2) is 5.11 Å². The molecule has 1 aromatic heterocycles. The van der Waals surface area contributed by atoms with Crippen molar-refractivity contribution in [3.63, 3.8) is 0 Å². The minimum atomic E-state index is 0.631. The normalized spacial score (nSPS) is 10.5. The predicted molar refractivity (Wildman–Crippen MR) is 112 cm³/mol. The van der Waals surface area contributed by atoms with Crippen molar-refractivity contribution >= 4 is 23.0 Å². The predicted octanol–water partition coefficient (Wildman–Crippen LogP) is 4.08. The zero-order valence-electron chi connectivity index (χ0n) is 15.2. The maximum absolute atomic E-state index is 5.45. The number of aromatic nitrogens is 2. The average molecular weight is 365 g/mol. The van der Waals surface area contributed by atoms with Crippen molar-refractivity contribution in [2.75, 3.05) is 11.9 Å². The molecule has 0 aliphatic carbocycles. The molecule has 1 heterocycles. The van der Waals surface area contributed by atoms with Crippen molar-refractivity contribution in [1.29, 1.82) is 0 Å². The fraction of sp³-hybridized carbons (Fsp3) is 0.238. The van der Waals surface area contributed by atoms with Crippen LogP contribution in [0.1, 0.15) is 22.5 Å². The molecule has 0 saturated carbocycles. The molecule has 3 aromatic rings. The van der Waals surface area contributed by atoms with Crippen LogP contribution in [0.15, 0.2) is 60.7 Å². The summed E-state index contributed by atoms with van der Waals surface area (Å²) in [4.78, 5) is 0. The molecule has 4 nitrogen and oxygen atoms in total. The van der Waals surface area contributed by atoms with Crippen LogP contribution in [-0.4, -0.2) is 21.4 Å². The summed E-state index contributed by atoms with van der Waals surface area (Å²) in [5.74, 6) is 0. The van der Waals surface area contributed by atoms with Crippen molar-refractivity contribution in [3.8, 4) is 0 Å². The van der Waals surface area contributed by atoms with Crippen molar-refractivity contribution < 1.29 is 0 Å². The minimum Gasteiger partial charge on any atom is -0.362 e. The number of thiocarbonyl (C=S) groups is 1. The van der Waals surface area contributed by atoms with E-state index in [1.807, 2.05) is 35.9 Å². The lowest BCUT2D eigenvalue weighted by Crippen LogP contribution is -2.30. The second-order valence-corrected chi connectivity index (χ2v) is 6.71. The van der Waals surface area contributed by atoms with Gasteiger partial charge in [0.2, 0.25) is 0 Å². The third-order valence-corrected chi connectivity index (χ3v) is 4.58. The summed E-state index contributed by atoms with van der Waals surface area (Å²) in [5.41, 5.74) is 5.54. The van der Waals surface area contributed by atoms with Crippen LogP contribution < -0.4 is 10.6 Å². The fourth-order valence-corrected chi connectivity index (χ4v) is 3.12. The monoisotopic (exact) mass is 364 g/mol. The van der Waals surface area contributed by atoms with Crippen molar-refractivity contribution in [2.24, 2.45) is 0 Å². The van der Waals surface area contributed by atoms with Crippen LogP contribution in [0.25, 0.3) is 0 Å². The highest BCUT2D eigenvalue weighted by molar-refractivity contribution is 7.80. The molecule has 0 fully saturated rings. The van der Waals surface area contributed by atoms with E-state index in [1.54, 1.807) is 0 Å². The summed E-state index contributed by atoms with van der Waals surface area (Å²) in [6, 6.07) is 20.7. The molecule has 0 amide bonds. The highest BCUT2D eigenvalue weighted by Gasteiger charge is 2.12. The van der Waals surface area contributed by atoms with Gasteiger partial charge in [-0.25, -0.2) is 0 Å². The Bertz CT molecular complexity index is 856. The van der Waals surface area contributed by atoms with Gasteiger partial charge >= 0.3 is 0 Å². The van der Waals surface area contributed by atoms with Gasteiger partial charge in [0, 0.05) is 6.54 Å². The molecule has 0 bridgehead atoms. The zero-order chi connectivity index (χ0) is 18.4.